The fourth-order valence-corrected chi connectivity index (χ4v) is 3.86. The van der Waals surface area contributed by atoms with Crippen LogP contribution in [0.3, 0.4) is 0 Å². The number of hydrogen-bond donors (Lipinski definition) is 0. The van der Waals surface area contributed by atoms with Gasteiger partial charge in [0.1, 0.15) is 5.75 Å². The van der Waals surface area contributed by atoms with Crippen molar-refractivity contribution in [2.45, 2.75) is 20.4 Å². The monoisotopic (exact) mass is 431 g/mol. The molecule has 4 nitrogen and oxygen atoms in total. The van der Waals surface area contributed by atoms with Crippen LogP contribution in [0, 0.1) is 6.92 Å². The zero-order valence-electron chi connectivity index (χ0n) is 14.5. The highest BCUT2D eigenvalue weighted by molar-refractivity contribution is 9.10. The van der Waals surface area contributed by atoms with Crippen LogP contribution in [0.2, 0.25) is 0 Å². The summed E-state index contributed by atoms with van der Waals surface area (Å²) in [6, 6.07) is 13.4. The molecule has 0 aliphatic carbocycles. The number of imide groups is 1. The zero-order valence-corrected chi connectivity index (χ0v) is 16.9. The summed E-state index contributed by atoms with van der Waals surface area (Å²) in [6.07, 6.45) is 1.72. The van der Waals surface area contributed by atoms with E-state index in [1.165, 1.54) is 4.90 Å². The van der Waals surface area contributed by atoms with Crippen LogP contribution in [0.1, 0.15) is 23.6 Å². The van der Waals surface area contributed by atoms with Gasteiger partial charge in [0, 0.05) is 10.0 Å². The fraction of sp³-hybridized carbons (Fsp3) is 0.200. The highest BCUT2D eigenvalue weighted by Gasteiger charge is 2.35. The van der Waals surface area contributed by atoms with Gasteiger partial charge in [-0.15, -0.1) is 0 Å². The van der Waals surface area contributed by atoms with Crippen molar-refractivity contribution in [1.82, 2.24) is 4.90 Å². The molecule has 2 aromatic rings. The minimum atomic E-state index is -0.273. The molecule has 1 heterocycles. The van der Waals surface area contributed by atoms with Gasteiger partial charge in [-0.25, -0.2) is 0 Å². The molecule has 134 valence electrons. The van der Waals surface area contributed by atoms with Crippen molar-refractivity contribution in [1.29, 1.82) is 0 Å². The Balaban J connectivity index is 1.88. The van der Waals surface area contributed by atoms with Crippen LogP contribution in [0.15, 0.2) is 51.8 Å². The van der Waals surface area contributed by atoms with Crippen molar-refractivity contribution < 1.29 is 14.3 Å². The molecule has 0 aromatic heterocycles. The maximum atomic E-state index is 12.8. The first-order valence-electron chi connectivity index (χ1n) is 8.22. The average molecular weight is 432 g/mol. The first-order valence-corrected chi connectivity index (χ1v) is 9.82. The number of halogens is 1. The van der Waals surface area contributed by atoms with Gasteiger partial charge in [-0.3, -0.25) is 14.5 Å². The Labute approximate surface area is 165 Å². The van der Waals surface area contributed by atoms with Crippen LogP contribution >= 0.6 is 27.7 Å². The Hall–Kier alpha value is -2.05. The number of nitrogens with zero attached hydrogens (tertiary/aromatic N) is 1. The molecule has 0 radical (unpaired) electrons. The largest absolute Gasteiger partial charge is 0.493 e. The Morgan fingerprint density at radius 3 is 2.69 bits per heavy atom. The van der Waals surface area contributed by atoms with E-state index in [1.807, 2.05) is 56.3 Å². The third-order valence-corrected chi connectivity index (χ3v) is 5.42. The molecule has 1 fully saturated rings. The Kier molecular flexibility index (Phi) is 5.84. The summed E-state index contributed by atoms with van der Waals surface area (Å²) in [5, 5.41) is -0.252. The molecule has 6 heteroatoms. The predicted octanol–water partition coefficient (Wildman–Crippen LogP) is 5.39. The van der Waals surface area contributed by atoms with Gasteiger partial charge in [0.2, 0.25) is 0 Å². The summed E-state index contributed by atoms with van der Waals surface area (Å²) in [5.74, 6) is 0.409. The second kappa shape index (κ2) is 8.10. The molecule has 1 aliphatic heterocycles. The standard InChI is InChI=1S/C20H18BrNO3S/c1-3-25-17-9-8-16(21)10-15(17)11-18-19(23)22(20(24)26-18)12-14-7-5-4-6-13(14)2/h4-11H,3,12H2,1-2H3/b18-11-. The smallest absolute Gasteiger partial charge is 0.293 e. The van der Waals surface area contributed by atoms with Crippen molar-refractivity contribution in [3.8, 4) is 5.75 Å². The van der Waals surface area contributed by atoms with Gasteiger partial charge in [-0.1, -0.05) is 40.2 Å². The minimum Gasteiger partial charge on any atom is -0.493 e. The summed E-state index contributed by atoms with van der Waals surface area (Å²) < 4.78 is 6.50. The van der Waals surface area contributed by atoms with Crippen LogP contribution in [0.4, 0.5) is 4.79 Å². The Bertz CT molecular complexity index is 894. The number of carbonyl (C=O) groups excluding carboxylic acids is 2. The Morgan fingerprint density at radius 2 is 1.96 bits per heavy atom. The van der Waals surface area contributed by atoms with Gasteiger partial charge in [0.05, 0.1) is 18.1 Å². The number of hydrogen-bond acceptors (Lipinski definition) is 4. The maximum absolute atomic E-state index is 12.8. The highest BCUT2D eigenvalue weighted by atomic mass is 79.9. The lowest BCUT2D eigenvalue weighted by atomic mass is 10.1. The molecule has 0 N–H and O–H groups in total. The molecule has 1 saturated heterocycles. The lowest BCUT2D eigenvalue weighted by Crippen LogP contribution is -2.27. The van der Waals surface area contributed by atoms with E-state index in [1.54, 1.807) is 6.08 Å². The van der Waals surface area contributed by atoms with Crippen molar-refractivity contribution in [2.24, 2.45) is 0 Å². The summed E-state index contributed by atoms with van der Waals surface area (Å²) in [5.41, 5.74) is 2.79. The number of rotatable bonds is 5. The van der Waals surface area contributed by atoms with Gasteiger partial charge >= 0.3 is 0 Å². The number of amides is 2. The van der Waals surface area contributed by atoms with E-state index in [0.29, 0.717) is 17.3 Å². The fourth-order valence-electron chi connectivity index (χ4n) is 2.65. The summed E-state index contributed by atoms with van der Waals surface area (Å²) >= 11 is 4.40. The lowest BCUT2D eigenvalue weighted by molar-refractivity contribution is -0.123. The molecule has 26 heavy (non-hydrogen) atoms. The lowest BCUT2D eigenvalue weighted by Gasteiger charge is -2.14. The summed E-state index contributed by atoms with van der Waals surface area (Å²) in [7, 11) is 0. The minimum absolute atomic E-state index is 0.252. The number of ether oxygens (including phenoxy) is 1. The molecule has 1 aliphatic rings. The second-order valence-corrected chi connectivity index (χ2v) is 7.72. The average Bonchev–Trinajstić information content (AvgIpc) is 2.87. The van der Waals surface area contributed by atoms with Crippen molar-refractivity contribution in [2.75, 3.05) is 6.61 Å². The van der Waals surface area contributed by atoms with Crippen molar-refractivity contribution in [3.05, 3.63) is 68.5 Å². The molecule has 3 rings (SSSR count). The van der Waals surface area contributed by atoms with E-state index in [2.05, 4.69) is 15.9 Å². The van der Waals surface area contributed by atoms with Crippen LogP contribution in [-0.4, -0.2) is 22.7 Å². The van der Waals surface area contributed by atoms with E-state index >= 15 is 0 Å². The second-order valence-electron chi connectivity index (χ2n) is 5.81. The molecule has 0 unspecified atom stereocenters. The van der Waals surface area contributed by atoms with E-state index in [9.17, 15) is 9.59 Å². The maximum Gasteiger partial charge on any atom is 0.293 e. The molecule has 0 bridgehead atoms. The normalized spacial score (nSPS) is 15.8. The van der Waals surface area contributed by atoms with E-state index in [0.717, 1.165) is 32.9 Å². The van der Waals surface area contributed by atoms with Crippen molar-refractivity contribution >= 4 is 44.9 Å². The van der Waals surface area contributed by atoms with Crippen LogP contribution < -0.4 is 4.74 Å². The Morgan fingerprint density at radius 1 is 1.19 bits per heavy atom. The first-order chi connectivity index (χ1) is 12.5. The molecule has 0 saturated carbocycles. The van der Waals surface area contributed by atoms with Gasteiger partial charge < -0.3 is 4.74 Å². The van der Waals surface area contributed by atoms with Crippen LogP contribution in [-0.2, 0) is 11.3 Å². The van der Waals surface area contributed by atoms with E-state index in [-0.39, 0.29) is 17.7 Å². The van der Waals surface area contributed by atoms with Gasteiger partial charge in [-0.05, 0) is 61.0 Å². The first kappa shape index (κ1) is 18.7. The number of carbonyl (C=O) groups is 2. The SMILES string of the molecule is CCOc1ccc(Br)cc1/C=C1\SC(=O)N(Cc2ccccc2C)C1=O. The number of thioether (sulfide) groups is 1. The van der Waals surface area contributed by atoms with Crippen LogP contribution in [0.25, 0.3) is 6.08 Å². The van der Waals surface area contributed by atoms with Crippen LogP contribution in [0.5, 0.6) is 5.75 Å². The quantitative estimate of drug-likeness (QED) is 0.595. The number of benzene rings is 2. The van der Waals surface area contributed by atoms with Crippen molar-refractivity contribution in [3.63, 3.8) is 0 Å². The van der Waals surface area contributed by atoms with Gasteiger partial charge in [0.15, 0.2) is 0 Å². The third kappa shape index (κ3) is 4.02. The van der Waals surface area contributed by atoms with E-state index < -0.39 is 0 Å². The third-order valence-electron chi connectivity index (χ3n) is 4.02. The van der Waals surface area contributed by atoms with Gasteiger partial charge in [0.25, 0.3) is 11.1 Å². The molecule has 0 atom stereocenters. The molecule has 2 aromatic carbocycles. The zero-order chi connectivity index (χ0) is 18.7. The van der Waals surface area contributed by atoms with Gasteiger partial charge in [-0.2, -0.15) is 0 Å². The molecular formula is C20H18BrNO3S. The summed E-state index contributed by atoms with van der Waals surface area (Å²) in [6.45, 7) is 4.69. The topological polar surface area (TPSA) is 46.6 Å². The molecule has 0 spiro atoms. The molecule has 2 amide bonds. The summed E-state index contributed by atoms with van der Waals surface area (Å²) in [4.78, 5) is 26.8. The number of aryl methyl sites for hydroxylation is 1. The highest BCUT2D eigenvalue weighted by Crippen LogP contribution is 2.35. The predicted molar refractivity (Wildman–Crippen MR) is 108 cm³/mol. The van der Waals surface area contributed by atoms with E-state index in [4.69, 9.17) is 4.74 Å². The molecular weight excluding hydrogens is 414 g/mol.